The molecule has 1 fully saturated rings. The highest BCUT2D eigenvalue weighted by atomic mass is 16.5. The van der Waals surface area contributed by atoms with Crippen molar-refractivity contribution < 1.29 is 4.74 Å². The van der Waals surface area contributed by atoms with Gasteiger partial charge in [-0.15, -0.1) is 0 Å². The Morgan fingerprint density at radius 1 is 1.50 bits per heavy atom. The van der Waals surface area contributed by atoms with Gasteiger partial charge in [-0.3, -0.25) is 4.68 Å². The molecule has 2 heterocycles. The molecule has 5 heteroatoms. The number of hydrogen-bond donors (Lipinski definition) is 1. The second-order valence-electron chi connectivity index (χ2n) is 4.28. The molecule has 0 aliphatic carbocycles. The average Bonchev–Trinajstić information content (AvgIpc) is 2.54. The van der Waals surface area contributed by atoms with Crippen LogP contribution >= 0.6 is 0 Å². The van der Waals surface area contributed by atoms with E-state index in [4.69, 9.17) is 4.74 Å². The summed E-state index contributed by atoms with van der Waals surface area (Å²) in [5, 5.41) is 7.80. The van der Waals surface area contributed by atoms with Gasteiger partial charge in [0.15, 0.2) is 5.82 Å². The summed E-state index contributed by atoms with van der Waals surface area (Å²) in [7, 11) is 1.90. The molecule has 90 valence electrons. The molecule has 2 rings (SSSR count). The Morgan fingerprint density at radius 3 is 3.25 bits per heavy atom. The molecule has 1 atom stereocenters. The number of rotatable bonds is 4. The number of aryl methyl sites for hydroxylation is 1. The Hall–Kier alpha value is -0.940. The van der Waals surface area contributed by atoms with Gasteiger partial charge in [0.25, 0.3) is 0 Å². The van der Waals surface area contributed by atoms with Gasteiger partial charge >= 0.3 is 0 Å². The number of hydrogen-bond acceptors (Lipinski definition) is 4. The van der Waals surface area contributed by atoms with Gasteiger partial charge in [0.2, 0.25) is 0 Å². The lowest BCUT2D eigenvalue weighted by molar-refractivity contribution is 0.142. The molecule has 0 radical (unpaired) electrons. The minimum absolute atomic E-state index is 0.603. The Bertz CT molecular complexity index is 305. The quantitative estimate of drug-likeness (QED) is 0.810. The maximum atomic E-state index is 5.42. The molecule has 0 saturated carbocycles. The first-order valence-electron chi connectivity index (χ1n) is 6.00. The first-order chi connectivity index (χ1) is 7.84. The van der Waals surface area contributed by atoms with Gasteiger partial charge < -0.3 is 10.1 Å². The monoisotopic (exact) mass is 224 g/mol. The largest absolute Gasteiger partial charge is 0.381 e. The number of aromatic nitrogens is 3. The maximum Gasteiger partial charge on any atom is 0.151 e. The molecular weight excluding hydrogens is 204 g/mol. The van der Waals surface area contributed by atoms with Crippen LogP contribution in [0, 0.1) is 0 Å². The second-order valence-corrected chi connectivity index (χ2v) is 4.28. The van der Waals surface area contributed by atoms with Gasteiger partial charge in [-0.1, -0.05) is 0 Å². The average molecular weight is 224 g/mol. The standard InChI is InChI=1S/C11H20N4O/c1-15-9-13-11(14-15)4-6-12-10-3-2-7-16-8-5-10/h9-10,12H,2-8H2,1H3. The van der Waals surface area contributed by atoms with E-state index >= 15 is 0 Å². The smallest absolute Gasteiger partial charge is 0.151 e. The van der Waals surface area contributed by atoms with Crippen LogP contribution in [0.15, 0.2) is 6.33 Å². The molecular formula is C11H20N4O. The summed E-state index contributed by atoms with van der Waals surface area (Å²) in [5.41, 5.74) is 0. The van der Waals surface area contributed by atoms with Crippen molar-refractivity contribution in [3.05, 3.63) is 12.2 Å². The minimum Gasteiger partial charge on any atom is -0.381 e. The Balaban J connectivity index is 1.67. The van der Waals surface area contributed by atoms with E-state index in [2.05, 4.69) is 15.4 Å². The van der Waals surface area contributed by atoms with Gasteiger partial charge in [0.05, 0.1) is 0 Å². The third-order valence-corrected chi connectivity index (χ3v) is 2.88. The topological polar surface area (TPSA) is 52.0 Å². The van der Waals surface area contributed by atoms with E-state index in [-0.39, 0.29) is 0 Å². The van der Waals surface area contributed by atoms with Crippen LogP contribution in [0.5, 0.6) is 0 Å². The van der Waals surface area contributed by atoms with Crippen LogP contribution in [-0.4, -0.2) is 40.6 Å². The lowest BCUT2D eigenvalue weighted by Gasteiger charge is -2.14. The minimum atomic E-state index is 0.603. The Kier molecular flexibility index (Phi) is 4.30. The van der Waals surface area contributed by atoms with E-state index in [1.54, 1.807) is 11.0 Å². The maximum absolute atomic E-state index is 5.42. The zero-order valence-corrected chi connectivity index (χ0v) is 9.85. The summed E-state index contributed by atoms with van der Waals surface area (Å²) in [6, 6.07) is 0.603. The summed E-state index contributed by atoms with van der Waals surface area (Å²) < 4.78 is 7.17. The van der Waals surface area contributed by atoms with E-state index < -0.39 is 0 Å². The van der Waals surface area contributed by atoms with Crippen molar-refractivity contribution in [2.75, 3.05) is 19.8 Å². The van der Waals surface area contributed by atoms with E-state index in [1.807, 2.05) is 7.05 Å². The molecule has 16 heavy (non-hydrogen) atoms. The van der Waals surface area contributed by atoms with Crippen molar-refractivity contribution in [2.24, 2.45) is 7.05 Å². The zero-order chi connectivity index (χ0) is 11.2. The first kappa shape index (κ1) is 11.5. The number of nitrogens with zero attached hydrogens (tertiary/aromatic N) is 3. The van der Waals surface area contributed by atoms with Crippen LogP contribution in [0.25, 0.3) is 0 Å². The van der Waals surface area contributed by atoms with E-state index in [0.717, 1.165) is 38.4 Å². The molecule has 1 saturated heterocycles. The van der Waals surface area contributed by atoms with E-state index in [1.165, 1.54) is 12.8 Å². The molecule has 1 aromatic heterocycles. The van der Waals surface area contributed by atoms with Crippen LogP contribution in [0.4, 0.5) is 0 Å². The highest BCUT2D eigenvalue weighted by Crippen LogP contribution is 2.07. The fourth-order valence-corrected chi connectivity index (χ4v) is 1.99. The predicted octanol–water partition coefficient (Wildman–Crippen LogP) is 0.516. The Morgan fingerprint density at radius 2 is 2.44 bits per heavy atom. The summed E-state index contributed by atoms with van der Waals surface area (Å²) in [5.74, 6) is 0.917. The number of nitrogens with one attached hydrogen (secondary N) is 1. The van der Waals surface area contributed by atoms with Crippen molar-refractivity contribution in [3.8, 4) is 0 Å². The summed E-state index contributed by atoms with van der Waals surface area (Å²) in [4.78, 5) is 4.20. The van der Waals surface area contributed by atoms with Crippen molar-refractivity contribution in [3.63, 3.8) is 0 Å². The van der Waals surface area contributed by atoms with Crippen LogP contribution in [0.2, 0.25) is 0 Å². The highest BCUT2D eigenvalue weighted by molar-refractivity contribution is 4.83. The molecule has 5 nitrogen and oxygen atoms in total. The first-order valence-corrected chi connectivity index (χ1v) is 6.00. The SMILES string of the molecule is Cn1cnc(CCNC2CCCOCC2)n1. The molecule has 0 bridgehead atoms. The van der Waals surface area contributed by atoms with Crippen LogP contribution in [-0.2, 0) is 18.2 Å². The van der Waals surface area contributed by atoms with Gasteiger partial charge in [-0.25, -0.2) is 4.98 Å². The summed E-state index contributed by atoms with van der Waals surface area (Å²) >= 11 is 0. The van der Waals surface area contributed by atoms with Gasteiger partial charge in [-0.2, -0.15) is 5.10 Å². The van der Waals surface area contributed by atoms with Gasteiger partial charge in [0, 0.05) is 39.3 Å². The third-order valence-electron chi connectivity index (χ3n) is 2.88. The lowest BCUT2D eigenvalue weighted by Crippen LogP contribution is -2.31. The molecule has 1 aliphatic heterocycles. The van der Waals surface area contributed by atoms with Gasteiger partial charge in [0.1, 0.15) is 6.33 Å². The molecule has 1 unspecified atom stereocenters. The molecule has 1 aliphatic rings. The fourth-order valence-electron chi connectivity index (χ4n) is 1.99. The molecule has 1 N–H and O–H groups in total. The summed E-state index contributed by atoms with van der Waals surface area (Å²) in [6.45, 7) is 2.76. The van der Waals surface area contributed by atoms with Crippen LogP contribution in [0.3, 0.4) is 0 Å². The normalized spacial score (nSPS) is 21.9. The number of ether oxygens (including phenoxy) is 1. The zero-order valence-electron chi connectivity index (χ0n) is 9.85. The van der Waals surface area contributed by atoms with Crippen LogP contribution in [0.1, 0.15) is 25.1 Å². The lowest BCUT2D eigenvalue weighted by atomic mass is 10.1. The molecule has 0 amide bonds. The Labute approximate surface area is 96.2 Å². The third kappa shape index (κ3) is 3.57. The van der Waals surface area contributed by atoms with Crippen LogP contribution < -0.4 is 5.32 Å². The van der Waals surface area contributed by atoms with E-state index in [0.29, 0.717) is 6.04 Å². The molecule has 0 spiro atoms. The molecule has 0 aromatic carbocycles. The summed E-state index contributed by atoms with van der Waals surface area (Å²) in [6.07, 6.45) is 6.15. The van der Waals surface area contributed by atoms with Crippen molar-refractivity contribution >= 4 is 0 Å². The van der Waals surface area contributed by atoms with Crippen molar-refractivity contribution in [2.45, 2.75) is 31.7 Å². The second kappa shape index (κ2) is 5.96. The van der Waals surface area contributed by atoms with Crippen molar-refractivity contribution in [1.29, 1.82) is 0 Å². The van der Waals surface area contributed by atoms with E-state index in [9.17, 15) is 0 Å². The van der Waals surface area contributed by atoms with Crippen molar-refractivity contribution in [1.82, 2.24) is 20.1 Å². The fraction of sp³-hybridized carbons (Fsp3) is 0.818. The molecule has 1 aromatic rings. The van der Waals surface area contributed by atoms with Gasteiger partial charge in [-0.05, 0) is 19.3 Å². The highest BCUT2D eigenvalue weighted by Gasteiger charge is 2.11. The predicted molar refractivity (Wildman–Crippen MR) is 61.2 cm³/mol.